The Balaban J connectivity index is 1.55. The molecule has 2 heterocycles. The topological polar surface area (TPSA) is 42.7 Å². The first-order valence-electron chi connectivity index (χ1n) is 7.98. The molecule has 0 atom stereocenters. The van der Waals surface area contributed by atoms with Gasteiger partial charge in [-0.1, -0.05) is 46.9 Å². The van der Waals surface area contributed by atoms with Gasteiger partial charge in [0, 0.05) is 22.8 Å². The Morgan fingerprint density at radius 3 is 2.44 bits per heavy atom. The standard InChI is InChI=1S/C19H13Cl3N4S/c1-11-8-26(10-23-11)13-4-2-12(3-5-13)18-9-27-19(25-18)24-17-7-15(21)14(20)6-16(17)22/h2-10H,1H3,(H,24,25). The van der Waals surface area contributed by atoms with Crippen LogP contribution in [0.15, 0.2) is 54.3 Å². The Labute approximate surface area is 175 Å². The van der Waals surface area contributed by atoms with E-state index in [1.807, 2.05) is 47.3 Å². The molecule has 4 aromatic rings. The number of halogens is 3. The lowest BCUT2D eigenvalue weighted by molar-refractivity contribution is 1.06. The molecule has 0 aliphatic heterocycles. The third kappa shape index (κ3) is 3.96. The summed E-state index contributed by atoms with van der Waals surface area (Å²) in [5.41, 5.74) is 4.61. The van der Waals surface area contributed by atoms with E-state index in [1.165, 1.54) is 11.3 Å². The van der Waals surface area contributed by atoms with E-state index in [2.05, 4.69) is 15.3 Å². The summed E-state index contributed by atoms with van der Waals surface area (Å²) in [4.78, 5) is 8.88. The normalized spacial score (nSPS) is 11.0. The molecule has 27 heavy (non-hydrogen) atoms. The predicted octanol–water partition coefficient (Wildman–Crippen LogP) is 7.01. The van der Waals surface area contributed by atoms with E-state index in [1.54, 1.807) is 18.5 Å². The molecule has 4 rings (SSSR count). The molecule has 0 saturated heterocycles. The van der Waals surface area contributed by atoms with Gasteiger partial charge in [-0.05, 0) is 31.2 Å². The molecule has 0 spiro atoms. The Kier molecular flexibility index (Phi) is 5.10. The number of aryl methyl sites for hydroxylation is 1. The predicted molar refractivity (Wildman–Crippen MR) is 114 cm³/mol. The molecule has 0 bridgehead atoms. The Morgan fingerprint density at radius 1 is 1.00 bits per heavy atom. The van der Waals surface area contributed by atoms with Crippen molar-refractivity contribution in [2.45, 2.75) is 6.92 Å². The van der Waals surface area contributed by atoms with E-state index in [-0.39, 0.29) is 0 Å². The van der Waals surface area contributed by atoms with Crippen LogP contribution in [0.2, 0.25) is 15.1 Å². The van der Waals surface area contributed by atoms with Gasteiger partial charge in [0.05, 0.1) is 38.5 Å². The number of thiazole rings is 1. The molecular formula is C19H13Cl3N4S. The molecule has 0 aliphatic rings. The minimum absolute atomic E-state index is 0.417. The fraction of sp³-hybridized carbons (Fsp3) is 0.0526. The van der Waals surface area contributed by atoms with E-state index in [0.29, 0.717) is 20.8 Å². The van der Waals surface area contributed by atoms with E-state index in [4.69, 9.17) is 34.8 Å². The maximum atomic E-state index is 6.22. The zero-order valence-electron chi connectivity index (χ0n) is 14.1. The van der Waals surface area contributed by atoms with Gasteiger partial charge >= 0.3 is 0 Å². The monoisotopic (exact) mass is 434 g/mol. The molecule has 0 unspecified atom stereocenters. The summed E-state index contributed by atoms with van der Waals surface area (Å²) in [6.45, 7) is 1.97. The number of rotatable bonds is 4. The van der Waals surface area contributed by atoms with Gasteiger partial charge in [0.1, 0.15) is 0 Å². The van der Waals surface area contributed by atoms with Crippen molar-refractivity contribution in [3.05, 3.63) is 75.1 Å². The lowest BCUT2D eigenvalue weighted by Gasteiger charge is -2.07. The summed E-state index contributed by atoms with van der Waals surface area (Å²) in [5, 5.41) is 7.24. The molecule has 0 amide bonds. The number of nitrogens with one attached hydrogen (secondary N) is 1. The molecule has 4 nitrogen and oxygen atoms in total. The number of imidazole rings is 1. The minimum Gasteiger partial charge on any atom is -0.330 e. The van der Waals surface area contributed by atoms with Crippen LogP contribution in [0, 0.1) is 6.92 Å². The molecule has 0 fully saturated rings. The fourth-order valence-electron chi connectivity index (χ4n) is 2.56. The van der Waals surface area contributed by atoms with Gasteiger partial charge in [-0.2, -0.15) is 0 Å². The van der Waals surface area contributed by atoms with Crippen molar-refractivity contribution in [3.63, 3.8) is 0 Å². The molecule has 0 aliphatic carbocycles. The lowest BCUT2D eigenvalue weighted by Crippen LogP contribution is -1.92. The summed E-state index contributed by atoms with van der Waals surface area (Å²) in [5.74, 6) is 0. The average Bonchev–Trinajstić information content (AvgIpc) is 3.29. The highest BCUT2D eigenvalue weighted by Crippen LogP contribution is 2.35. The van der Waals surface area contributed by atoms with E-state index in [0.717, 1.165) is 27.8 Å². The summed E-state index contributed by atoms with van der Waals surface area (Å²) < 4.78 is 1.99. The van der Waals surface area contributed by atoms with Gasteiger partial charge in [-0.15, -0.1) is 11.3 Å². The van der Waals surface area contributed by atoms with Gasteiger partial charge in [-0.25, -0.2) is 9.97 Å². The van der Waals surface area contributed by atoms with E-state index < -0.39 is 0 Å². The highest BCUT2D eigenvalue weighted by molar-refractivity contribution is 7.14. The molecular weight excluding hydrogens is 423 g/mol. The van der Waals surface area contributed by atoms with Crippen molar-refractivity contribution in [2.75, 3.05) is 5.32 Å². The Morgan fingerprint density at radius 2 is 1.74 bits per heavy atom. The smallest absolute Gasteiger partial charge is 0.187 e. The first kappa shape index (κ1) is 18.3. The second-order valence-electron chi connectivity index (χ2n) is 5.88. The van der Waals surface area contributed by atoms with Crippen LogP contribution in [0.3, 0.4) is 0 Å². The third-order valence-corrected chi connectivity index (χ3v) is 5.72. The van der Waals surface area contributed by atoms with Crippen LogP contribution in [0.25, 0.3) is 16.9 Å². The molecule has 136 valence electrons. The molecule has 8 heteroatoms. The molecule has 2 aromatic carbocycles. The van der Waals surface area contributed by atoms with Gasteiger partial charge in [-0.3, -0.25) is 0 Å². The van der Waals surface area contributed by atoms with Gasteiger partial charge in [0.15, 0.2) is 5.13 Å². The van der Waals surface area contributed by atoms with Crippen LogP contribution in [-0.2, 0) is 0 Å². The third-order valence-electron chi connectivity index (χ3n) is 3.93. The van der Waals surface area contributed by atoms with Crippen molar-refractivity contribution in [1.82, 2.24) is 14.5 Å². The van der Waals surface area contributed by atoms with Gasteiger partial charge < -0.3 is 9.88 Å². The SMILES string of the molecule is Cc1cn(-c2ccc(-c3csc(Nc4cc(Cl)c(Cl)cc4Cl)n3)cc2)cn1. The summed E-state index contributed by atoms with van der Waals surface area (Å²) in [7, 11) is 0. The first-order chi connectivity index (χ1) is 13.0. The lowest BCUT2D eigenvalue weighted by atomic mass is 10.1. The van der Waals surface area contributed by atoms with Crippen molar-refractivity contribution >= 4 is 57.0 Å². The number of hydrogen-bond acceptors (Lipinski definition) is 4. The van der Waals surface area contributed by atoms with Gasteiger partial charge in [0.2, 0.25) is 0 Å². The van der Waals surface area contributed by atoms with E-state index >= 15 is 0 Å². The molecule has 2 aromatic heterocycles. The van der Waals surface area contributed by atoms with Crippen molar-refractivity contribution in [2.24, 2.45) is 0 Å². The second kappa shape index (κ2) is 7.52. The maximum absolute atomic E-state index is 6.22. The average molecular weight is 436 g/mol. The number of benzene rings is 2. The number of anilines is 2. The summed E-state index contributed by atoms with van der Waals surface area (Å²) in [6, 6.07) is 11.5. The first-order valence-corrected chi connectivity index (χ1v) is 9.99. The Hall–Kier alpha value is -2.05. The maximum Gasteiger partial charge on any atom is 0.187 e. The second-order valence-corrected chi connectivity index (χ2v) is 7.96. The van der Waals surface area contributed by atoms with Crippen LogP contribution in [0.4, 0.5) is 10.8 Å². The zero-order chi connectivity index (χ0) is 19.0. The molecule has 1 N–H and O–H groups in total. The largest absolute Gasteiger partial charge is 0.330 e. The van der Waals surface area contributed by atoms with Crippen molar-refractivity contribution in [1.29, 1.82) is 0 Å². The van der Waals surface area contributed by atoms with Crippen LogP contribution in [0.5, 0.6) is 0 Å². The molecule has 0 saturated carbocycles. The van der Waals surface area contributed by atoms with E-state index in [9.17, 15) is 0 Å². The van der Waals surface area contributed by atoms with Crippen molar-refractivity contribution in [3.8, 4) is 16.9 Å². The number of hydrogen-bond donors (Lipinski definition) is 1. The van der Waals surface area contributed by atoms with Crippen molar-refractivity contribution < 1.29 is 0 Å². The van der Waals surface area contributed by atoms with Crippen LogP contribution >= 0.6 is 46.1 Å². The fourth-order valence-corrected chi connectivity index (χ4v) is 3.89. The van der Waals surface area contributed by atoms with Crippen LogP contribution < -0.4 is 5.32 Å². The zero-order valence-corrected chi connectivity index (χ0v) is 17.2. The highest BCUT2D eigenvalue weighted by Gasteiger charge is 2.10. The quantitative estimate of drug-likeness (QED) is 0.351. The summed E-state index contributed by atoms with van der Waals surface area (Å²) in [6.07, 6.45) is 3.79. The number of aromatic nitrogens is 3. The van der Waals surface area contributed by atoms with Crippen LogP contribution in [-0.4, -0.2) is 14.5 Å². The highest BCUT2D eigenvalue weighted by atomic mass is 35.5. The minimum atomic E-state index is 0.417. The number of nitrogens with zero attached hydrogens (tertiary/aromatic N) is 3. The van der Waals surface area contributed by atoms with Gasteiger partial charge in [0.25, 0.3) is 0 Å². The Bertz CT molecular complexity index is 1100. The molecule has 0 radical (unpaired) electrons. The van der Waals surface area contributed by atoms with Crippen LogP contribution in [0.1, 0.15) is 5.69 Å². The summed E-state index contributed by atoms with van der Waals surface area (Å²) >= 11 is 19.7.